The quantitative estimate of drug-likeness (QED) is 0.669. The Balaban J connectivity index is 1.86. The smallest absolute Gasteiger partial charge is 0.269 e. The molecule has 0 bridgehead atoms. The van der Waals surface area contributed by atoms with Crippen LogP contribution >= 0.6 is 0 Å². The summed E-state index contributed by atoms with van der Waals surface area (Å²) >= 11 is 0. The van der Waals surface area contributed by atoms with Gasteiger partial charge in [0.1, 0.15) is 0 Å². The number of rotatable bonds is 2. The Labute approximate surface area is 121 Å². The summed E-state index contributed by atoms with van der Waals surface area (Å²) in [5.41, 5.74) is 2.97. The third-order valence-electron chi connectivity index (χ3n) is 3.76. The molecule has 21 heavy (non-hydrogen) atoms. The zero-order valence-corrected chi connectivity index (χ0v) is 11.3. The van der Waals surface area contributed by atoms with Gasteiger partial charge in [-0.1, -0.05) is 36.4 Å². The third kappa shape index (κ3) is 2.76. The Morgan fingerprint density at radius 2 is 1.76 bits per heavy atom. The highest BCUT2D eigenvalue weighted by Gasteiger charge is 2.25. The Hall–Kier alpha value is -2.69. The lowest BCUT2D eigenvalue weighted by atomic mass is 9.87. The van der Waals surface area contributed by atoms with Crippen LogP contribution in [0.15, 0.2) is 59.8 Å². The largest absolute Gasteiger partial charge is 0.329 e. The van der Waals surface area contributed by atoms with Crippen molar-refractivity contribution in [3.8, 4) is 0 Å². The summed E-state index contributed by atoms with van der Waals surface area (Å²) in [6, 6.07) is 6.46. The van der Waals surface area contributed by atoms with Crippen molar-refractivity contribution in [3.63, 3.8) is 0 Å². The second kappa shape index (κ2) is 5.36. The van der Waals surface area contributed by atoms with Crippen LogP contribution < -0.4 is 5.32 Å². The van der Waals surface area contributed by atoms with Crippen molar-refractivity contribution in [2.45, 2.75) is 18.8 Å². The van der Waals surface area contributed by atoms with E-state index in [0.717, 1.165) is 23.3 Å². The monoisotopic (exact) mass is 282 g/mol. The Morgan fingerprint density at radius 1 is 1.10 bits per heavy atom. The SMILES string of the molecule is O=C1CC(c2ccc([N+](=O)[O-])cc2)CC(=C2C=CC=C2)N1. The maximum Gasteiger partial charge on any atom is 0.269 e. The second-order valence-electron chi connectivity index (χ2n) is 5.15. The number of carbonyl (C=O) groups excluding carboxylic acids is 1. The third-order valence-corrected chi connectivity index (χ3v) is 3.76. The number of hydrogen-bond donors (Lipinski definition) is 1. The number of amides is 1. The highest BCUT2D eigenvalue weighted by Crippen LogP contribution is 2.32. The average molecular weight is 282 g/mol. The first kappa shape index (κ1) is 13.3. The van der Waals surface area contributed by atoms with E-state index in [4.69, 9.17) is 0 Å². The molecule has 1 aliphatic carbocycles. The van der Waals surface area contributed by atoms with Crippen molar-refractivity contribution in [1.82, 2.24) is 5.32 Å². The first-order valence-electron chi connectivity index (χ1n) is 6.75. The molecule has 1 saturated heterocycles. The fraction of sp³-hybridized carbons (Fsp3) is 0.188. The van der Waals surface area contributed by atoms with Gasteiger partial charge in [-0.3, -0.25) is 14.9 Å². The molecular weight excluding hydrogens is 268 g/mol. The molecule has 1 heterocycles. The van der Waals surface area contributed by atoms with Gasteiger partial charge in [-0.2, -0.15) is 0 Å². The minimum Gasteiger partial charge on any atom is -0.329 e. The van der Waals surface area contributed by atoms with Crippen LogP contribution in [0.3, 0.4) is 0 Å². The molecule has 0 saturated carbocycles. The number of nitrogens with zero attached hydrogens (tertiary/aromatic N) is 1. The van der Waals surface area contributed by atoms with Gasteiger partial charge in [0.05, 0.1) is 4.92 Å². The van der Waals surface area contributed by atoms with Crippen LogP contribution in [0.25, 0.3) is 0 Å². The topological polar surface area (TPSA) is 72.2 Å². The van der Waals surface area contributed by atoms with Crippen molar-refractivity contribution < 1.29 is 9.72 Å². The van der Waals surface area contributed by atoms with E-state index >= 15 is 0 Å². The van der Waals surface area contributed by atoms with Gasteiger partial charge in [-0.25, -0.2) is 0 Å². The number of carbonyl (C=O) groups is 1. The summed E-state index contributed by atoms with van der Waals surface area (Å²) in [5, 5.41) is 13.6. The zero-order valence-electron chi connectivity index (χ0n) is 11.3. The van der Waals surface area contributed by atoms with Crippen LogP contribution in [0.1, 0.15) is 24.3 Å². The van der Waals surface area contributed by atoms with E-state index < -0.39 is 4.92 Å². The minimum atomic E-state index is -0.418. The van der Waals surface area contributed by atoms with Crippen molar-refractivity contribution in [2.24, 2.45) is 0 Å². The molecule has 0 spiro atoms. The molecule has 1 aliphatic heterocycles. The first-order valence-corrected chi connectivity index (χ1v) is 6.75. The van der Waals surface area contributed by atoms with Crippen molar-refractivity contribution in [1.29, 1.82) is 0 Å². The maximum atomic E-state index is 11.9. The van der Waals surface area contributed by atoms with E-state index in [9.17, 15) is 14.9 Å². The van der Waals surface area contributed by atoms with Gasteiger partial charge in [0.2, 0.25) is 5.91 Å². The van der Waals surface area contributed by atoms with E-state index in [-0.39, 0.29) is 17.5 Å². The molecule has 1 atom stereocenters. The molecule has 1 unspecified atom stereocenters. The lowest BCUT2D eigenvalue weighted by molar-refractivity contribution is -0.384. The maximum absolute atomic E-state index is 11.9. The average Bonchev–Trinajstić information content (AvgIpc) is 3.01. The number of allylic oxidation sites excluding steroid dienone is 6. The summed E-state index contributed by atoms with van der Waals surface area (Å²) in [6.45, 7) is 0. The molecule has 1 fully saturated rings. The molecule has 3 rings (SSSR count). The van der Waals surface area contributed by atoms with E-state index in [2.05, 4.69) is 5.32 Å². The van der Waals surface area contributed by atoms with Crippen LogP contribution in [0.2, 0.25) is 0 Å². The van der Waals surface area contributed by atoms with Gasteiger partial charge in [0.15, 0.2) is 0 Å². The van der Waals surface area contributed by atoms with Crippen LogP contribution in [-0.4, -0.2) is 10.8 Å². The predicted molar refractivity (Wildman–Crippen MR) is 78.5 cm³/mol. The number of hydrogen-bond acceptors (Lipinski definition) is 3. The number of nitro benzene ring substituents is 1. The first-order chi connectivity index (χ1) is 10.1. The van der Waals surface area contributed by atoms with E-state index in [0.29, 0.717) is 6.42 Å². The minimum absolute atomic E-state index is 0.0131. The van der Waals surface area contributed by atoms with Gasteiger partial charge >= 0.3 is 0 Å². The molecule has 106 valence electrons. The molecular formula is C16H14N2O3. The van der Waals surface area contributed by atoms with Gasteiger partial charge < -0.3 is 5.32 Å². The molecule has 0 aromatic heterocycles. The summed E-state index contributed by atoms with van der Waals surface area (Å²) in [4.78, 5) is 22.2. The lowest BCUT2D eigenvalue weighted by Crippen LogP contribution is -2.31. The zero-order chi connectivity index (χ0) is 14.8. The van der Waals surface area contributed by atoms with Gasteiger partial charge in [0, 0.05) is 24.3 Å². The number of nitro groups is 1. The van der Waals surface area contributed by atoms with Gasteiger partial charge in [-0.15, -0.1) is 0 Å². The van der Waals surface area contributed by atoms with Gasteiger partial charge in [-0.05, 0) is 23.5 Å². The fourth-order valence-electron chi connectivity index (χ4n) is 2.68. The Kier molecular flexibility index (Phi) is 3.39. The molecule has 2 aliphatic rings. The molecule has 1 aromatic rings. The highest BCUT2D eigenvalue weighted by atomic mass is 16.6. The molecule has 0 radical (unpaired) electrons. The summed E-state index contributed by atoms with van der Waals surface area (Å²) in [6.07, 6.45) is 8.94. The fourth-order valence-corrected chi connectivity index (χ4v) is 2.68. The van der Waals surface area contributed by atoms with Crippen LogP contribution in [0, 0.1) is 10.1 Å². The number of piperidine rings is 1. The van der Waals surface area contributed by atoms with E-state index in [1.165, 1.54) is 12.1 Å². The van der Waals surface area contributed by atoms with Crippen molar-refractivity contribution in [3.05, 3.63) is 75.5 Å². The van der Waals surface area contributed by atoms with Crippen molar-refractivity contribution in [2.75, 3.05) is 0 Å². The molecule has 1 amide bonds. The second-order valence-corrected chi connectivity index (χ2v) is 5.15. The summed E-state index contributed by atoms with van der Waals surface area (Å²) in [7, 11) is 0. The van der Waals surface area contributed by atoms with E-state index in [1.807, 2.05) is 24.3 Å². The molecule has 1 N–H and O–H groups in total. The van der Waals surface area contributed by atoms with Crippen LogP contribution in [0.4, 0.5) is 5.69 Å². The normalized spacial score (nSPS) is 20.8. The number of benzene rings is 1. The summed E-state index contributed by atoms with van der Waals surface area (Å²) in [5.74, 6) is 0.0465. The van der Waals surface area contributed by atoms with Crippen LogP contribution in [-0.2, 0) is 4.79 Å². The standard InChI is InChI=1S/C16H14N2O3/c19-16-10-13(9-15(17-16)12-3-1-2-4-12)11-5-7-14(8-6-11)18(20)21/h1-8,13H,9-10H2,(H,17,19). The molecule has 5 heteroatoms. The Morgan fingerprint density at radius 3 is 2.38 bits per heavy atom. The predicted octanol–water partition coefficient (Wildman–Crippen LogP) is 2.97. The highest BCUT2D eigenvalue weighted by molar-refractivity contribution is 5.80. The molecule has 5 nitrogen and oxygen atoms in total. The number of non-ortho nitro benzene ring substituents is 1. The molecule has 1 aromatic carbocycles. The van der Waals surface area contributed by atoms with Crippen molar-refractivity contribution >= 4 is 11.6 Å². The lowest BCUT2D eigenvalue weighted by Gasteiger charge is -2.26. The van der Waals surface area contributed by atoms with Crippen LogP contribution in [0.5, 0.6) is 0 Å². The number of nitrogens with one attached hydrogen (secondary N) is 1. The Bertz CT molecular complexity index is 670. The summed E-state index contributed by atoms with van der Waals surface area (Å²) < 4.78 is 0. The van der Waals surface area contributed by atoms with E-state index in [1.54, 1.807) is 12.1 Å². The van der Waals surface area contributed by atoms with Gasteiger partial charge in [0.25, 0.3) is 5.69 Å².